The molecule has 0 aromatic heterocycles. The van der Waals surface area contributed by atoms with E-state index in [4.69, 9.17) is 0 Å². The molecule has 4 heteroatoms. The van der Waals surface area contributed by atoms with Crippen LogP contribution in [0.5, 0.6) is 0 Å². The van der Waals surface area contributed by atoms with Crippen LogP contribution in [0.2, 0.25) is 0 Å². The monoisotopic (exact) mass is 247 g/mol. The molecule has 1 aromatic carbocycles. The molecule has 0 saturated carbocycles. The Hall–Kier alpha value is -2.10. The van der Waals surface area contributed by atoms with Gasteiger partial charge in [-0.25, -0.2) is 4.74 Å². The molecule has 0 aliphatic heterocycles. The third-order valence-electron chi connectivity index (χ3n) is 2.45. The summed E-state index contributed by atoms with van der Waals surface area (Å²) in [5, 5.41) is 11.6. The number of allylic oxidation sites excluding steroid dienone is 1. The Morgan fingerprint density at radius 3 is 2.72 bits per heavy atom. The van der Waals surface area contributed by atoms with Crippen LogP contribution in [-0.4, -0.2) is 30.1 Å². The molecule has 0 saturated heterocycles. The van der Waals surface area contributed by atoms with Crippen LogP contribution in [0.3, 0.4) is 0 Å². The second-order valence-corrected chi connectivity index (χ2v) is 3.91. The zero-order chi connectivity index (χ0) is 13.4. The fraction of sp³-hybridized carbons (Fsp3) is 0.286. The summed E-state index contributed by atoms with van der Waals surface area (Å²) in [4.78, 5) is 11.0. The first-order valence-electron chi connectivity index (χ1n) is 5.72. The summed E-state index contributed by atoms with van der Waals surface area (Å²) in [7, 11) is 1.31. The van der Waals surface area contributed by atoms with E-state index < -0.39 is 6.04 Å². The molecule has 1 aromatic rings. The van der Waals surface area contributed by atoms with Crippen molar-refractivity contribution in [3.63, 3.8) is 0 Å². The minimum absolute atomic E-state index is 0.0790. The molecule has 0 N–H and O–H groups in total. The number of nitrogens with zero attached hydrogens (tertiary/aromatic N) is 1. The molecule has 0 aliphatic rings. The SMILES string of the molecule is COC(=O)CC(C)/[N+]([O-])=C/C=C/c1ccccc1. The van der Waals surface area contributed by atoms with Crippen molar-refractivity contribution in [2.45, 2.75) is 19.4 Å². The maximum absolute atomic E-state index is 11.6. The molecule has 1 rings (SSSR count). The van der Waals surface area contributed by atoms with Gasteiger partial charge in [-0.1, -0.05) is 30.3 Å². The summed E-state index contributed by atoms with van der Waals surface area (Å²) >= 11 is 0. The summed E-state index contributed by atoms with van der Waals surface area (Å²) in [5.41, 5.74) is 1.02. The molecule has 0 heterocycles. The van der Waals surface area contributed by atoms with Gasteiger partial charge in [0.05, 0.1) is 7.11 Å². The van der Waals surface area contributed by atoms with Gasteiger partial charge in [-0.15, -0.1) is 0 Å². The fourth-order valence-corrected chi connectivity index (χ4v) is 1.36. The average Bonchev–Trinajstić information content (AvgIpc) is 2.39. The van der Waals surface area contributed by atoms with E-state index in [9.17, 15) is 10.0 Å². The number of rotatable bonds is 5. The maximum Gasteiger partial charge on any atom is 0.312 e. The summed E-state index contributed by atoms with van der Waals surface area (Å²) < 4.78 is 5.25. The standard InChI is InChI=1S/C14H17NO3/c1-12(11-14(16)18-2)15(17)10-6-9-13-7-4-3-5-8-13/h3-10,12H,11H2,1-2H3/b9-6+,15-10-. The molecular formula is C14H17NO3. The minimum atomic E-state index is -0.433. The van der Waals surface area contributed by atoms with Gasteiger partial charge in [0.25, 0.3) is 0 Å². The molecule has 0 amide bonds. The smallest absolute Gasteiger partial charge is 0.312 e. The van der Waals surface area contributed by atoms with E-state index in [1.807, 2.05) is 36.4 Å². The lowest BCUT2D eigenvalue weighted by Crippen LogP contribution is -2.22. The highest BCUT2D eigenvalue weighted by molar-refractivity contribution is 5.75. The van der Waals surface area contributed by atoms with Crippen LogP contribution in [0.4, 0.5) is 0 Å². The van der Waals surface area contributed by atoms with Gasteiger partial charge in [-0.05, 0) is 18.6 Å². The lowest BCUT2D eigenvalue weighted by atomic mass is 10.2. The molecule has 18 heavy (non-hydrogen) atoms. The van der Waals surface area contributed by atoms with Crippen LogP contribution < -0.4 is 0 Å². The molecular weight excluding hydrogens is 230 g/mol. The van der Waals surface area contributed by atoms with Gasteiger partial charge in [-0.2, -0.15) is 0 Å². The van der Waals surface area contributed by atoms with Gasteiger partial charge < -0.3 is 9.94 Å². The Kier molecular flexibility index (Phi) is 5.64. The van der Waals surface area contributed by atoms with E-state index in [-0.39, 0.29) is 12.4 Å². The number of ether oxygens (including phenoxy) is 1. The van der Waals surface area contributed by atoms with Crippen molar-refractivity contribution in [2.24, 2.45) is 0 Å². The van der Waals surface area contributed by atoms with Crippen LogP contribution in [0, 0.1) is 5.21 Å². The first kappa shape index (κ1) is 14.0. The first-order valence-corrected chi connectivity index (χ1v) is 5.72. The number of carbonyl (C=O) groups is 1. The van der Waals surface area contributed by atoms with Crippen LogP contribution in [0.1, 0.15) is 18.9 Å². The summed E-state index contributed by atoms with van der Waals surface area (Å²) in [6.45, 7) is 1.68. The van der Waals surface area contributed by atoms with Crippen LogP contribution in [0.25, 0.3) is 6.08 Å². The maximum atomic E-state index is 11.6. The topological polar surface area (TPSA) is 52.4 Å². The van der Waals surface area contributed by atoms with E-state index in [0.29, 0.717) is 0 Å². The van der Waals surface area contributed by atoms with E-state index in [0.717, 1.165) is 10.3 Å². The Bertz CT molecular complexity index is 438. The van der Waals surface area contributed by atoms with E-state index in [1.165, 1.54) is 13.3 Å². The Morgan fingerprint density at radius 2 is 2.11 bits per heavy atom. The molecule has 0 radical (unpaired) electrons. The number of hydroxylamine groups is 1. The number of esters is 1. The number of hydrogen-bond acceptors (Lipinski definition) is 3. The Labute approximate surface area is 107 Å². The van der Waals surface area contributed by atoms with Gasteiger partial charge >= 0.3 is 5.97 Å². The highest BCUT2D eigenvalue weighted by Crippen LogP contribution is 2.01. The summed E-state index contributed by atoms with van der Waals surface area (Å²) in [6, 6.07) is 9.23. The zero-order valence-electron chi connectivity index (χ0n) is 10.6. The van der Waals surface area contributed by atoms with Gasteiger partial charge in [-0.3, -0.25) is 4.79 Å². The van der Waals surface area contributed by atoms with Crippen LogP contribution in [-0.2, 0) is 9.53 Å². The first-order chi connectivity index (χ1) is 8.63. The second kappa shape index (κ2) is 7.27. The van der Waals surface area contributed by atoms with Crippen LogP contribution >= 0.6 is 0 Å². The van der Waals surface area contributed by atoms with Gasteiger partial charge in [0, 0.05) is 6.08 Å². The highest BCUT2D eigenvalue weighted by atomic mass is 16.5. The largest absolute Gasteiger partial charge is 0.624 e. The van der Waals surface area contributed by atoms with Crippen molar-refractivity contribution in [1.29, 1.82) is 0 Å². The van der Waals surface area contributed by atoms with E-state index >= 15 is 0 Å². The van der Waals surface area contributed by atoms with Crippen molar-refractivity contribution in [2.75, 3.05) is 7.11 Å². The summed E-state index contributed by atoms with van der Waals surface area (Å²) in [6.07, 6.45) is 4.97. The average molecular weight is 247 g/mol. The third kappa shape index (κ3) is 4.82. The van der Waals surface area contributed by atoms with Gasteiger partial charge in [0.1, 0.15) is 6.42 Å². The molecule has 0 spiro atoms. The highest BCUT2D eigenvalue weighted by Gasteiger charge is 2.14. The van der Waals surface area contributed by atoms with Crippen molar-refractivity contribution in [3.8, 4) is 0 Å². The zero-order valence-corrected chi connectivity index (χ0v) is 10.6. The number of hydrogen-bond donors (Lipinski definition) is 0. The number of benzene rings is 1. The molecule has 1 atom stereocenters. The Balaban J connectivity index is 2.56. The number of methoxy groups -OCH3 is 1. The lowest BCUT2D eigenvalue weighted by molar-refractivity contribution is -0.490. The molecule has 1 unspecified atom stereocenters. The van der Waals surface area contributed by atoms with E-state index in [2.05, 4.69) is 4.74 Å². The molecule has 0 bridgehead atoms. The second-order valence-electron chi connectivity index (χ2n) is 3.91. The van der Waals surface area contributed by atoms with E-state index in [1.54, 1.807) is 13.0 Å². The van der Waals surface area contributed by atoms with Crippen molar-refractivity contribution < 1.29 is 14.3 Å². The molecule has 0 aliphatic carbocycles. The summed E-state index contributed by atoms with van der Waals surface area (Å²) in [5.74, 6) is -0.385. The minimum Gasteiger partial charge on any atom is -0.624 e. The van der Waals surface area contributed by atoms with Crippen LogP contribution in [0.15, 0.2) is 36.4 Å². The molecule has 96 valence electrons. The predicted octanol–water partition coefficient (Wildman–Crippen LogP) is 2.23. The van der Waals surface area contributed by atoms with Crippen molar-refractivity contribution >= 4 is 18.3 Å². The third-order valence-corrected chi connectivity index (χ3v) is 2.45. The van der Waals surface area contributed by atoms with Crippen molar-refractivity contribution in [3.05, 3.63) is 47.2 Å². The Morgan fingerprint density at radius 1 is 1.44 bits per heavy atom. The quantitative estimate of drug-likeness (QED) is 0.263. The van der Waals surface area contributed by atoms with Gasteiger partial charge in [0.2, 0.25) is 0 Å². The predicted molar refractivity (Wildman–Crippen MR) is 71.3 cm³/mol. The normalized spacial score (nSPS) is 13.6. The van der Waals surface area contributed by atoms with Gasteiger partial charge in [0.15, 0.2) is 12.3 Å². The lowest BCUT2D eigenvalue weighted by Gasteiger charge is -2.10. The number of carbonyl (C=O) groups excluding carboxylic acids is 1. The fourth-order valence-electron chi connectivity index (χ4n) is 1.36. The molecule has 4 nitrogen and oxygen atoms in total. The molecule has 0 fully saturated rings. The van der Waals surface area contributed by atoms with Crippen molar-refractivity contribution in [1.82, 2.24) is 0 Å².